The Morgan fingerprint density at radius 2 is 2.12 bits per heavy atom. The molecule has 0 spiro atoms. The summed E-state index contributed by atoms with van der Waals surface area (Å²) in [5.41, 5.74) is 7.90. The molecule has 2 aromatic rings. The molecule has 2 rings (SSSR count). The van der Waals surface area contributed by atoms with Gasteiger partial charge >= 0.3 is 0 Å². The van der Waals surface area contributed by atoms with Gasteiger partial charge in [0.1, 0.15) is 11.6 Å². The van der Waals surface area contributed by atoms with Crippen molar-refractivity contribution >= 4 is 28.8 Å². The Hall–Kier alpha value is -1.81. The number of nitrogen functional groups attached to an aromatic ring is 1. The molecule has 0 saturated heterocycles. The van der Waals surface area contributed by atoms with Crippen LogP contribution in [0.1, 0.15) is 5.56 Å². The monoisotopic (exact) mass is 251 g/mol. The highest BCUT2D eigenvalue weighted by Crippen LogP contribution is 2.23. The molecular formula is C12H11ClFN3. The minimum atomic E-state index is -0.446. The molecule has 17 heavy (non-hydrogen) atoms. The number of pyridine rings is 1. The molecular weight excluding hydrogens is 241 g/mol. The molecule has 0 radical (unpaired) electrons. The summed E-state index contributed by atoms with van der Waals surface area (Å²) in [6, 6.07) is 6.21. The van der Waals surface area contributed by atoms with Crippen molar-refractivity contribution in [2.24, 2.45) is 0 Å². The quantitative estimate of drug-likeness (QED) is 0.859. The lowest BCUT2D eigenvalue weighted by molar-refractivity contribution is 0.628. The molecule has 88 valence electrons. The van der Waals surface area contributed by atoms with Gasteiger partial charge in [-0.25, -0.2) is 9.37 Å². The van der Waals surface area contributed by atoms with Crippen LogP contribution in [0.4, 0.5) is 21.6 Å². The second kappa shape index (κ2) is 4.59. The summed E-state index contributed by atoms with van der Waals surface area (Å²) in [5.74, 6) is 0.193. The fourth-order valence-corrected chi connectivity index (χ4v) is 1.54. The number of nitrogens with two attached hydrogens (primary N) is 1. The maximum absolute atomic E-state index is 13.0. The highest BCUT2D eigenvalue weighted by Gasteiger charge is 2.03. The van der Waals surface area contributed by atoms with E-state index < -0.39 is 5.82 Å². The van der Waals surface area contributed by atoms with E-state index in [-0.39, 0.29) is 5.02 Å². The first kappa shape index (κ1) is 11.7. The summed E-state index contributed by atoms with van der Waals surface area (Å²) in [7, 11) is 0. The van der Waals surface area contributed by atoms with E-state index in [0.717, 1.165) is 5.56 Å². The summed E-state index contributed by atoms with van der Waals surface area (Å²) in [5, 5.41) is 3.09. The summed E-state index contributed by atoms with van der Waals surface area (Å²) in [6.07, 6.45) is 1.57. The predicted octanol–water partition coefficient (Wildman–Crippen LogP) is 3.51. The molecule has 0 unspecified atom stereocenters. The molecule has 5 heteroatoms. The van der Waals surface area contributed by atoms with Crippen LogP contribution >= 0.6 is 11.6 Å². The molecule has 0 saturated carbocycles. The van der Waals surface area contributed by atoms with E-state index >= 15 is 0 Å². The Labute approximate surface area is 103 Å². The number of nitrogens with zero attached hydrogens (tertiary/aromatic N) is 1. The van der Waals surface area contributed by atoms with E-state index in [1.54, 1.807) is 12.3 Å². The van der Waals surface area contributed by atoms with Crippen LogP contribution in [0.15, 0.2) is 30.5 Å². The van der Waals surface area contributed by atoms with Crippen molar-refractivity contribution in [1.82, 2.24) is 4.98 Å². The first-order chi connectivity index (χ1) is 8.06. The number of rotatable bonds is 2. The lowest BCUT2D eigenvalue weighted by atomic mass is 10.2. The van der Waals surface area contributed by atoms with Gasteiger partial charge in [0.25, 0.3) is 0 Å². The number of halogens is 2. The molecule has 3 nitrogen and oxygen atoms in total. The van der Waals surface area contributed by atoms with E-state index in [1.165, 1.54) is 12.1 Å². The molecule has 0 atom stereocenters. The van der Waals surface area contributed by atoms with Crippen molar-refractivity contribution in [1.29, 1.82) is 0 Å². The van der Waals surface area contributed by atoms with Gasteiger partial charge in [0.15, 0.2) is 0 Å². The maximum atomic E-state index is 13.0. The topological polar surface area (TPSA) is 50.9 Å². The van der Waals surface area contributed by atoms with Crippen molar-refractivity contribution in [3.05, 3.63) is 46.9 Å². The van der Waals surface area contributed by atoms with Gasteiger partial charge < -0.3 is 11.1 Å². The smallest absolute Gasteiger partial charge is 0.141 e. The lowest BCUT2D eigenvalue weighted by Crippen LogP contribution is -1.97. The maximum Gasteiger partial charge on any atom is 0.141 e. The van der Waals surface area contributed by atoms with Gasteiger partial charge in [-0.1, -0.05) is 11.6 Å². The first-order valence-corrected chi connectivity index (χ1v) is 5.38. The van der Waals surface area contributed by atoms with Crippen molar-refractivity contribution in [3.63, 3.8) is 0 Å². The van der Waals surface area contributed by atoms with Crippen LogP contribution in [0.25, 0.3) is 0 Å². The molecule has 0 aliphatic rings. The minimum Gasteiger partial charge on any atom is -0.397 e. The zero-order valence-electron chi connectivity index (χ0n) is 9.17. The molecule has 0 amide bonds. The summed E-state index contributed by atoms with van der Waals surface area (Å²) >= 11 is 5.68. The highest BCUT2D eigenvalue weighted by molar-refractivity contribution is 6.31. The second-order valence-electron chi connectivity index (χ2n) is 3.68. The van der Waals surface area contributed by atoms with Crippen molar-refractivity contribution in [3.8, 4) is 0 Å². The first-order valence-electron chi connectivity index (χ1n) is 5.00. The zero-order chi connectivity index (χ0) is 12.4. The fraction of sp³-hybridized carbons (Fsp3) is 0.0833. The normalized spacial score (nSPS) is 10.3. The van der Waals surface area contributed by atoms with Gasteiger partial charge in [-0.15, -0.1) is 0 Å². The Balaban J connectivity index is 2.25. The SMILES string of the molecule is Cc1cc(Nc2ccc(F)c(Cl)c2)ncc1N. The second-order valence-corrected chi connectivity index (χ2v) is 4.09. The van der Waals surface area contributed by atoms with Crippen LogP contribution in [-0.4, -0.2) is 4.98 Å². The van der Waals surface area contributed by atoms with Crippen molar-refractivity contribution < 1.29 is 4.39 Å². The average molecular weight is 252 g/mol. The van der Waals surface area contributed by atoms with Crippen LogP contribution in [0.5, 0.6) is 0 Å². The average Bonchev–Trinajstić information content (AvgIpc) is 2.29. The Morgan fingerprint density at radius 3 is 2.76 bits per heavy atom. The summed E-state index contributed by atoms with van der Waals surface area (Å²) < 4.78 is 13.0. The number of benzene rings is 1. The Morgan fingerprint density at radius 1 is 1.35 bits per heavy atom. The standard InChI is InChI=1S/C12H11ClFN3/c1-7-4-12(16-6-11(7)15)17-8-2-3-10(14)9(13)5-8/h2-6H,15H2,1H3,(H,16,17). The largest absolute Gasteiger partial charge is 0.397 e. The summed E-state index contributed by atoms with van der Waals surface area (Å²) in [6.45, 7) is 1.89. The van der Waals surface area contributed by atoms with E-state index in [1.807, 2.05) is 13.0 Å². The van der Waals surface area contributed by atoms with E-state index in [2.05, 4.69) is 10.3 Å². The lowest BCUT2D eigenvalue weighted by Gasteiger charge is -2.08. The third-order valence-corrected chi connectivity index (χ3v) is 2.63. The molecule has 3 N–H and O–H groups in total. The molecule has 1 heterocycles. The number of aromatic nitrogens is 1. The molecule has 0 aliphatic heterocycles. The van der Waals surface area contributed by atoms with Gasteiger partial charge in [0, 0.05) is 5.69 Å². The molecule has 1 aromatic carbocycles. The minimum absolute atomic E-state index is 0.0715. The van der Waals surface area contributed by atoms with E-state index in [4.69, 9.17) is 17.3 Å². The van der Waals surface area contributed by atoms with Crippen LogP contribution in [0.2, 0.25) is 5.02 Å². The van der Waals surface area contributed by atoms with Gasteiger partial charge in [0.2, 0.25) is 0 Å². The third-order valence-electron chi connectivity index (χ3n) is 2.34. The number of hydrogen-bond donors (Lipinski definition) is 2. The predicted molar refractivity (Wildman–Crippen MR) is 68.1 cm³/mol. The van der Waals surface area contributed by atoms with Crippen LogP contribution in [-0.2, 0) is 0 Å². The molecule has 0 bridgehead atoms. The van der Waals surface area contributed by atoms with Gasteiger partial charge in [0.05, 0.1) is 16.9 Å². The van der Waals surface area contributed by atoms with Crippen molar-refractivity contribution in [2.45, 2.75) is 6.92 Å². The van der Waals surface area contributed by atoms with Gasteiger partial charge in [-0.05, 0) is 36.8 Å². The van der Waals surface area contributed by atoms with E-state index in [9.17, 15) is 4.39 Å². The Kier molecular flexibility index (Phi) is 3.15. The number of anilines is 3. The van der Waals surface area contributed by atoms with Gasteiger partial charge in [-0.2, -0.15) is 0 Å². The number of nitrogens with one attached hydrogen (secondary N) is 1. The van der Waals surface area contributed by atoms with Crippen LogP contribution < -0.4 is 11.1 Å². The van der Waals surface area contributed by atoms with E-state index in [0.29, 0.717) is 17.2 Å². The molecule has 0 fully saturated rings. The van der Waals surface area contributed by atoms with Gasteiger partial charge in [-0.3, -0.25) is 0 Å². The Bertz CT molecular complexity index is 508. The number of hydrogen-bond acceptors (Lipinski definition) is 3. The fourth-order valence-electron chi connectivity index (χ4n) is 1.36. The molecule has 1 aromatic heterocycles. The zero-order valence-corrected chi connectivity index (χ0v) is 9.92. The third kappa shape index (κ3) is 2.65. The van der Waals surface area contributed by atoms with Crippen LogP contribution in [0, 0.1) is 12.7 Å². The number of aryl methyl sites for hydroxylation is 1. The highest BCUT2D eigenvalue weighted by atomic mass is 35.5. The molecule has 0 aliphatic carbocycles. The van der Waals surface area contributed by atoms with Crippen LogP contribution in [0.3, 0.4) is 0 Å². The van der Waals surface area contributed by atoms with Crippen molar-refractivity contribution in [2.75, 3.05) is 11.1 Å². The summed E-state index contributed by atoms with van der Waals surface area (Å²) in [4.78, 5) is 4.11.